The van der Waals surface area contributed by atoms with Gasteiger partial charge in [-0.2, -0.15) is 0 Å². The smallest absolute Gasteiger partial charge is 0.405 e. The van der Waals surface area contributed by atoms with Crippen LogP contribution in [0.15, 0.2) is 54.6 Å². The summed E-state index contributed by atoms with van der Waals surface area (Å²) in [6.45, 7) is 6.20. The third-order valence-electron chi connectivity index (χ3n) is 6.09. The van der Waals surface area contributed by atoms with E-state index in [9.17, 15) is 9.90 Å². The Morgan fingerprint density at radius 2 is 1.83 bits per heavy atom. The van der Waals surface area contributed by atoms with Gasteiger partial charge in [0.05, 0.1) is 0 Å². The highest BCUT2D eigenvalue weighted by Gasteiger charge is 2.51. The van der Waals surface area contributed by atoms with E-state index in [4.69, 9.17) is 10.5 Å². The van der Waals surface area contributed by atoms with E-state index < -0.39 is 23.2 Å². The lowest BCUT2D eigenvalue weighted by Gasteiger charge is -2.47. The van der Waals surface area contributed by atoms with Crippen molar-refractivity contribution in [1.29, 1.82) is 0 Å². The standard InChI is InChI=1S/C24H32N2O3/c1-23(2,3)24(29-22(25)28,15-17-9-5-4-6-10-17)21(27)16-26-20-14-13-18-11-7-8-12-19(18)20/h4-12,20-21,26-27H,13-16H2,1-3H3,(H2,25,28)/t20-,21+,24+/m0/s1. The van der Waals surface area contributed by atoms with Gasteiger partial charge < -0.3 is 20.9 Å². The second-order valence-corrected chi connectivity index (χ2v) is 8.94. The lowest BCUT2D eigenvalue weighted by atomic mass is 9.69. The lowest BCUT2D eigenvalue weighted by Crippen LogP contribution is -2.60. The molecule has 156 valence electrons. The lowest BCUT2D eigenvalue weighted by molar-refractivity contribution is -0.141. The van der Waals surface area contributed by atoms with E-state index in [1.165, 1.54) is 11.1 Å². The van der Waals surface area contributed by atoms with Gasteiger partial charge in [0.25, 0.3) is 0 Å². The van der Waals surface area contributed by atoms with Crippen molar-refractivity contribution in [3.63, 3.8) is 0 Å². The van der Waals surface area contributed by atoms with Gasteiger partial charge in [-0.1, -0.05) is 75.4 Å². The van der Waals surface area contributed by atoms with Crippen LogP contribution in [-0.4, -0.2) is 29.4 Å². The fourth-order valence-corrected chi connectivity index (χ4v) is 4.41. The van der Waals surface area contributed by atoms with Gasteiger partial charge in [-0.05, 0) is 29.5 Å². The molecule has 1 aliphatic carbocycles. The van der Waals surface area contributed by atoms with Crippen molar-refractivity contribution in [3.8, 4) is 0 Å². The first kappa shape index (κ1) is 21.3. The van der Waals surface area contributed by atoms with Crippen molar-refractivity contribution in [3.05, 3.63) is 71.3 Å². The van der Waals surface area contributed by atoms with Crippen LogP contribution in [0.1, 0.15) is 49.9 Å². The molecule has 2 aromatic carbocycles. The SMILES string of the molecule is CC(C)(C)[C@](Cc1ccccc1)(OC(N)=O)[C@H](O)CN[C@H]1CCc2ccccc21. The molecular formula is C24H32N2O3. The average molecular weight is 397 g/mol. The summed E-state index contributed by atoms with van der Waals surface area (Å²) in [5, 5.41) is 14.8. The summed E-state index contributed by atoms with van der Waals surface area (Å²) >= 11 is 0. The largest absolute Gasteiger partial charge is 0.439 e. The van der Waals surface area contributed by atoms with Crippen LogP contribution in [-0.2, 0) is 17.6 Å². The maximum atomic E-state index is 11.8. The number of ether oxygens (including phenoxy) is 1. The molecule has 0 saturated carbocycles. The molecule has 0 radical (unpaired) electrons. The van der Waals surface area contributed by atoms with E-state index in [2.05, 4.69) is 23.5 Å². The number of rotatable bonds is 7. The maximum Gasteiger partial charge on any atom is 0.405 e. The van der Waals surface area contributed by atoms with E-state index in [1.807, 2.05) is 57.2 Å². The van der Waals surface area contributed by atoms with Crippen LogP contribution in [0.2, 0.25) is 0 Å². The summed E-state index contributed by atoms with van der Waals surface area (Å²) < 4.78 is 5.70. The molecule has 3 atom stereocenters. The zero-order valence-electron chi connectivity index (χ0n) is 17.5. The molecular weight excluding hydrogens is 364 g/mol. The quantitative estimate of drug-likeness (QED) is 0.665. The fourth-order valence-electron chi connectivity index (χ4n) is 4.41. The number of aliphatic hydroxyl groups is 1. The van der Waals surface area contributed by atoms with Crippen molar-refractivity contribution in [2.24, 2.45) is 11.1 Å². The van der Waals surface area contributed by atoms with Crippen molar-refractivity contribution < 1.29 is 14.6 Å². The summed E-state index contributed by atoms with van der Waals surface area (Å²) in [5.74, 6) is 0. The Morgan fingerprint density at radius 1 is 1.17 bits per heavy atom. The van der Waals surface area contributed by atoms with Gasteiger partial charge >= 0.3 is 6.09 Å². The molecule has 1 aliphatic rings. The Hall–Kier alpha value is -2.37. The van der Waals surface area contributed by atoms with Gasteiger partial charge in [0, 0.05) is 24.4 Å². The fraction of sp³-hybridized carbons (Fsp3) is 0.458. The molecule has 0 aromatic heterocycles. The van der Waals surface area contributed by atoms with E-state index >= 15 is 0 Å². The van der Waals surface area contributed by atoms with Crippen LogP contribution in [0.3, 0.4) is 0 Å². The van der Waals surface area contributed by atoms with E-state index in [0.29, 0.717) is 13.0 Å². The van der Waals surface area contributed by atoms with E-state index in [1.54, 1.807) is 0 Å². The molecule has 0 bridgehead atoms. The number of carbonyl (C=O) groups excluding carboxylic acids is 1. The number of aliphatic hydroxyl groups excluding tert-OH is 1. The summed E-state index contributed by atoms with van der Waals surface area (Å²) in [7, 11) is 0. The Labute approximate surface area is 173 Å². The molecule has 5 heteroatoms. The number of benzene rings is 2. The predicted octanol–water partition coefficient (Wildman–Crippen LogP) is 3.75. The van der Waals surface area contributed by atoms with Crippen molar-refractivity contribution in [1.82, 2.24) is 5.32 Å². The minimum Gasteiger partial charge on any atom is -0.439 e. The molecule has 4 N–H and O–H groups in total. The highest BCUT2D eigenvalue weighted by molar-refractivity contribution is 5.65. The normalized spacial score (nSPS) is 19.2. The Balaban J connectivity index is 1.83. The second-order valence-electron chi connectivity index (χ2n) is 8.94. The van der Waals surface area contributed by atoms with Crippen LogP contribution < -0.4 is 11.1 Å². The van der Waals surface area contributed by atoms with E-state index in [-0.39, 0.29) is 6.04 Å². The molecule has 0 fully saturated rings. The van der Waals surface area contributed by atoms with Crippen molar-refractivity contribution in [2.45, 2.75) is 57.8 Å². The molecule has 3 rings (SSSR count). The molecule has 2 aromatic rings. The van der Waals surface area contributed by atoms with Crippen LogP contribution in [0, 0.1) is 5.41 Å². The molecule has 29 heavy (non-hydrogen) atoms. The van der Waals surface area contributed by atoms with Gasteiger partial charge in [-0.3, -0.25) is 0 Å². The van der Waals surface area contributed by atoms with Gasteiger partial charge in [0.2, 0.25) is 0 Å². The second kappa shape index (κ2) is 8.56. The third-order valence-corrected chi connectivity index (χ3v) is 6.09. The first-order valence-electron chi connectivity index (χ1n) is 10.2. The third kappa shape index (κ3) is 4.62. The molecule has 0 saturated heterocycles. The zero-order valence-corrected chi connectivity index (χ0v) is 17.5. The number of nitrogens with two attached hydrogens (primary N) is 1. The summed E-state index contributed by atoms with van der Waals surface area (Å²) in [6.07, 6.45) is 0.592. The summed E-state index contributed by atoms with van der Waals surface area (Å²) in [4.78, 5) is 11.8. The molecule has 0 aliphatic heterocycles. The summed E-state index contributed by atoms with van der Waals surface area (Å²) in [5.41, 5.74) is 7.36. The Bertz CT molecular complexity index is 832. The molecule has 0 spiro atoms. The maximum absolute atomic E-state index is 11.8. The topological polar surface area (TPSA) is 84.6 Å². The first-order chi connectivity index (χ1) is 13.7. The minimum absolute atomic E-state index is 0.184. The molecule has 0 heterocycles. The Morgan fingerprint density at radius 3 is 2.48 bits per heavy atom. The zero-order chi connectivity index (χ0) is 21.1. The number of hydrogen-bond acceptors (Lipinski definition) is 4. The number of aryl methyl sites for hydroxylation is 1. The number of fused-ring (bicyclic) bond motifs is 1. The van der Waals surface area contributed by atoms with E-state index in [0.717, 1.165) is 18.4 Å². The number of hydrogen-bond donors (Lipinski definition) is 3. The van der Waals surface area contributed by atoms with Gasteiger partial charge in [0.1, 0.15) is 11.7 Å². The minimum atomic E-state index is -1.16. The summed E-state index contributed by atoms with van der Waals surface area (Å²) in [6, 6.07) is 18.3. The highest BCUT2D eigenvalue weighted by atomic mass is 16.6. The number of amides is 1. The molecule has 5 nitrogen and oxygen atoms in total. The molecule has 0 unspecified atom stereocenters. The van der Waals surface area contributed by atoms with Crippen LogP contribution in [0.25, 0.3) is 0 Å². The number of nitrogens with one attached hydrogen (secondary N) is 1. The van der Waals surface area contributed by atoms with Gasteiger partial charge in [-0.15, -0.1) is 0 Å². The number of primary amides is 1. The van der Waals surface area contributed by atoms with Gasteiger partial charge in [-0.25, -0.2) is 4.79 Å². The predicted molar refractivity (Wildman–Crippen MR) is 115 cm³/mol. The highest BCUT2D eigenvalue weighted by Crippen LogP contribution is 2.40. The van der Waals surface area contributed by atoms with Crippen LogP contribution in [0.4, 0.5) is 4.79 Å². The average Bonchev–Trinajstić information content (AvgIpc) is 3.08. The first-order valence-corrected chi connectivity index (χ1v) is 10.2. The van der Waals surface area contributed by atoms with Crippen LogP contribution >= 0.6 is 0 Å². The van der Waals surface area contributed by atoms with Crippen LogP contribution in [0.5, 0.6) is 0 Å². The number of carbonyl (C=O) groups is 1. The molecule has 1 amide bonds. The van der Waals surface area contributed by atoms with Gasteiger partial charge in [0.15, 0.2) is 0 Å². The van der Waals surface area contributed by atoms with Crippen molar-refractivity contribution in [2.75, 3.05) is 6.54 Å². The monoisotopic (exact) mass is 396 g/mol. The Kier molecular flexibility index (Phi) is 6.30. The van der Waals surface area contributed by atoms with Crippen molar-refractivity contribution >= 4 is 6.09 Å².